The number of carbonyl (C=O) groups is 1. The molecule has 1 N–H and O–H groups in total. The molecule has 4 nitrogen and oxygen atoms in total. The molecule has 1 saturated heterocycles. The zero-order chi connectivity index (χ0) is 13.8. The first kappa shape index (κ1) is 14.0. The monoisotopic (exact) mass is 262 g/mol. The lowest BCUT2D eigenvalue weighted by Gasteiger charge is -2.37. The van der Waals surface area contributed by atoms with E-state index in [1.165, 1.54) is 0 Å². The second kappa shape index (κ2) is 6.17. The van der Waals surface area contributed by atoms with Crippen molar-refractivity contribution in [3.63, 3.8) is 0 Å². The van der Waals surface area contributed by atoms with Crippen LogP contribution in [0, 0.1) is 0 Å². The number of hydrogen-bond donors (Lipinski definition) is 1. The van der Waals surface area contributed by atoms with Gasteiger partial charge in [0.05, 0.1) is 0 Å². The van der Waals surface area contributed by atoms with Gasteiger partial charge in [-0.1, -0.05) is 0 Å². The maximum atomic E-state index is 10.8. The van der Waals surface area contributed by atoms with Gasteiger partial charge < -0.3 is 5.11 Å². The second-order valence-corrected chi connectivity index (χ2v) is 5.41. The molecular formula is C15H22N2O2. The fourth-order valence-corrected chi connectivity index (χ4v) is 2.48. The molecule has 4 heteroatoms. The molecule has 1 aliphatic rings. The highest BCUT2D eigenvalue weighted by molar-refractivity contribution is 5.75. The highest BCUT2D eigenvalue weighted by atomic mass is 16.3. The van der Waals surface area contributed by atoms with E-state index in [9.17, 15) is 9.90 Å². The number of carbonyl (C=O) groups excluding carboxylic acids is 1. The molecule has 0 radical (unpaired) electrons. The van der Waals surface area contributed by atoms with Crippen molar-refractivity contribution in [1.82, 2.24) is 9.80 Å². The largest absolute Gasteiger partial charge is 0.508 e. The second-order valence-electron chi connectivity index (χ2n) is 5.41. The summed E-state index contributed by atoms with van der Waals surface area (Å²) in [6, 6.07) is 5.61. The fourth-order valence-electron chi connectivity index (χ4n) is 2.48. The Bertz CT molecular complexity index is 438. The summed E-state index contributed by atoms with van der Waals surface area (Å²) in [6.45, 7) is 9.27. The van der Waals surface area contributed by atoms with E-state index in [0.717, 1.165) is 38.0 Å². The Morgan fingerprint density at radius 2 is 1.95 bits per heavy atom. The summed E-state index contributed by atoms with van der Waals surface area (Å²) in [5, 5.41) is 9.85. The number of benzene rings is 1. The molecule has 0 atom stereocenters. The number of phenolic OH excluding ortho intramolecular Hbond substituents is 1. The van der Waals surface area contributed by atoms with Crippen molar-refractivity contribution in [2.24, 2.45) is 0 Å². The predicted molar refractivity (Wildman–Crippen MR) is 75.5 cm³/mol. The van der Waals surface area contributed by atoms with Crippen LogP contribution in [0.5, 0.6) is 5.75 Å². The zero-order valence-corrected chi connectivity index (χ0v) is 11.7. The molecule has 1 aromatic rings. The molecule has 19 heavy (non-hydrogen) atoms. The fraction of sp³-hybridized carbons (Fsp3) is 0.533. The Kier molecular flexibility index (Phi) is 4.56. The molecule has 0 unspecified atom stereocenters. The van der Waals surface area contributed by atoms with Crippen molar-refractivity contribution in [3.05, 3.63) is 29.3 Å². The van der Waals surface area contributed by atoms with Crippen molar-refractivity contribution in [2.45, 2.75) is 26.4 Å². The van der Waals surface area contributed by atoms with Gasteiger partial charge in [-0.25, -0.2) is 0 Å². The van der Waals surface area contributed by atoms with Crippen LogP contribution in [0.15, 0.2) is 18.2 Å². The van der Waals surface area contributed by atoms with Gasteiger partial charge in [-0.2, -0.15) is 0 Å². The molecular weight excluding hydrogens is 240 g/mol. The SMILES string of the molecule is CC(C)N1CCN(Cc2cc(C=O)ccc2O)CC1. The number of nitrogens with zero attached hydrogens (tertiary/aromatic N) is 2. The minimum Gasteiger partial charge on any atom is -0.508 e. The molecule has 104 valence electrons. The molecule has 0 aliphatic carbocycles. The number of rotatable bonds is 4. The van der Waals surface area contributed by atoms with Gasteiger partial charge in [0.15, 0.2) is 0 Å². The summed E-state index contributed by atoms with van der Waals surface area (Å²) in [6.07, 6.45) is 0.819. The van der Waals surface area contributed by atoms with E-state index < -0.39 is 0 Å². The normalized spacial score (nSPS) is 17.8. The van der Waals surface area contributed by atoms with E-state index in [1.54, 1.807) is 18.2 Å². The summed E-state index contributed by atoms with van der Waals surface area (Å²) in [5.41, 5.74) is 1.45. The number of aldehydes is 1. The minimum atomic E-state index is 0.275. The van der Waals surface area contributed by atoms with Gasteiger partial charge in [0.1, 0.15) is 12.0 Å². The van der Waals surface area contributed by atoms with Crippen molar-refractivity contribution in [1.29, 1.82) is 0 Å². The first-order valence-electron chi connectivity index (χ1n) is 6.83. The maximum absolute atomic E-state index is 10.8. The van der Waals surface area contributed by atoms with E-state index in [0.29, 0.717) is 18.2 Å². The summed E-state index contributed by atoms with van der Waals surface area (Å²) in [5.74, 6) is 0.275. The molecule has 0 aromatic heterocycles. The summed E-state index contributed by atoms with van der Waals surface area (Å²) in [7, 11) is 0. The molecule has 2 rings (SSSR count). The first-order valence-corrected chi connectivity index (χ1v) is 6.83. The van der Waals surface area contributed by atoms with Gasteiger partial charge in [-0.05, 0) is 32.0 Å². The Hall–Kier alpha value is -1.39. The van der Waals surface area contributed by atoms with Crippen LogP contribution in [0.2, 0.25) is 0 Å². The van der Waals surface area contributed by atoms with Crippen LogP contribution in [-0.4, -0.2) is 53.4 Å². The summed E-state index contributed by atoms with van der Waals surface area (Å²) in [4.78, 5) is 15.6. The molecule has 1 aromatic carbocycles. The highest BCUT2D eigenvalue weighted by Crippen LogP contribution is 2.20. The van der Waals surface area contributed by atoms with Crippen LogP contribution in [0.3, 0.4) is 0 Å². The van der Waals surface area contributed by atoms with Gasteiger partial charge in [0.2, 0.25) is 0 Å². The molecule has 0 spiro atoms. The number of phenols is 1. The number of hydrogen-bond acceptors (Lipinski definition) is 4. The third-order valence-electron chi connectivity index (χ3n) is 3.77. The Morgan fingerprint density at radius 1 is 1.26 bits per heavy atom. The predicted octanol–water partition coefficient (Wildman–Crippen LogP) is 1.73. The summed E-state index contributed by atoms with van der Waals surface area (Å²) < 4.78 is 0. The maximum Gasteiger partial charge on any atom is 0.150 e. The van der Waals surface area contributed by atoms with Crippen LogP contribution in [-0.2, 0) is 6.54 Å². The standard InChI is InChI=1S/C15H22N2O2/c1-12(2)17-7-5-16(6-8-17)10-14-9-13(11-18)3-4-15(14)19/h3-4,9,11-12,19H,5-8,10H2,1-2H3. The molecule has 1 fully saturated rings. The third-order valence-corrected chi connectivity index (χ3v) is 3.77. The van der Waals surface area contributed by atoms with Crippen LogP contribution >= 0.6 is 0 Å². The molecule has 1 aliphatic heterocycles. The lowest BCUT2D eigenvalue weighted by atomic mass is 10.1. The average Bonchev–Trinajstić information content (AvgIpc) is 2.42. The quantitative estimate of drug-likeness (QED) is 0.839. The van der Waals surface area contributed by atoms with Crippen LogP contribution in [0.1, 0.15) is 29.8 Å². The molecule has 1 heterocycles. The van der Waals surface area contributed by atoms with Crippen molar-refractivity contribution >= 4 is 6.29 Å². The van der Waals surface area contributed by atoms with E-state index in [2.05, 4.69) is 23.6 Å². The van der Waals surface area contributed by atoms with Gasteiger partial charge in [-0.3, -0.25) is 14.6 Å². The Labute approximate surface area is 114 Å². The Morgan fingerprint density at radius 3 is 2.53 bits per heavy atom. The first-order chi connectivity index (χ1) is 9.10. The molecule has 0 bridgehead atoms. The molecule has 0 amide bonds. The smallest absolute Gasteiger partial charge is 0.150 e. The van der Waals surface area contributed by atoms with Crippen molar-refractivity contribution in [2.75, 3.05) is 26.2 Å². The Balaban J connectivity index is 1.97. The van der Waals surface area contributed by atoms with Gasteiger partial charge >= 0.3 is 0 Å². The van der Waals surface area contributed by atoms with Crippen molar-refractivity contribution < 1.29 is 9.90 Å². The molecule has 0 saturated carbocycles. The lowest BCUT2D eigenvalue weighted by molar-refractivity contribution is 0.103. The third kappa shape index (κ3) is 3.55. The van der Waals surface area contributed by atoms with Crippen LogP contribution in [0.4, 0.5) is 0 Å². The van der Waals surface area contributed by atoms with E-state index in [4.69, 9.17) is 0 Å². The lowest BCUT2D eigenvalue weighted by Crippen LogP contribution is -2.48. The average molecular weight is 262 g/mol. The number of aromatic hydroxyl groups is 1. The van der Waals surface area contributed by atoms with Gasteiger partial charge in [-0.15, -0.1) is 0 Å². The van der Waals surface area contributed by atoms with E-state index in [-0.39, 0.29) is 5.75 Å². The van der Waals surface area contributed by atoms with Gasteiger partial charge in [0.25, 0.3) is 0 Å². The van der Waals surface area contributed by atoms with Crippen LogP contribution < -0.4 is 0 Å². The van der Waals surface area contributed by atoms with Crippen LogP contribution in [0.25, 0.3) is 0 Å². The summed E-state index contributed by atoms with van der Waals surface area (Å²) >= 11 is 0. The van der Waals surface area contributed by atoms with Gasteiger partial charge in [0, 0.05) is 49.9 Å². The highest BCUT2D eigenvalue weighted by Gasteiger charge is 2.19. The topological polar surface area (TPSA) is 43.8 Å². The minimum absolute atomic E-state index is 0.275. The van der Waals surface area contributed by atoms with E-state index in [1.807, 2.05) is 0 Å². The number of piperazine rings is 1. The zero-order valence-electron chi connectivity index (χ0n) is 11.7. The van der Waals surface area contributed by atoms with Crippen molar-refractivity contribution in [3.8, 4) is 5.75 Å². The van der Waals surface area contributed by atoms with E-state index >= 15 is 0 Å².